The monoisotopic (exact) mass is 361 g/mol. The molecular weight excluding hydrogens is 343 g/mol. The minimum absolute atomic E-state index is 0.159. The van der Waals surface area contributed by atoms with Crippen LogP contribution in [0.4, 0.5) is 18.0 Å². The Morgan fingerprint density at radius 1 is 1.44 bits per heavy atom. The Hall–Kier alpha value is -2.52. The van der Waals surface area contributed by atoms with Crippen LogP contribution in [-0.2, 0) is 11.2 Å². The molecule has 1 fully saturated rings. The number of carbonyl (C=O) groups is 2. The summed E-state index contributed by atoms with van der Waals surface area (Å²) in [5.74, 6) is -4.86. The van der Waals surface area contributed by atoms with Gasteiger partial charge in [-0.05, 0) is 12.5 Å². The maximum Gasteiger partial charge on any atom is 0.394 e. The smallest absolute Gasteiger partial charge is 0.394 e. The normalized spacial score (nSPS) is 20.4. The molecule has 0 aromatic carbocycles. The Balaban J connectivity index is 1.92. The number of halogens is 3. The Morgan fingerprint density at radius 3 is 2.72 bits per heavy atom. The van der Waals surface area contributed by atoms with Crippen LogP contribution in [0.3, 0.4) is 0 Å². The molecule has 1 aliphatic heterocycles. The SMILES string of the molecule is COc1ncccc1CCNC(=O)N1C[C@@H](C(F)(F)F)[C@H](C(=O)O)C1. The number of carboxylic acid groups (broad SMARTS) is 1. The van der Waals surface area contributed by atoms with Crippen LogP contribution in [0.15, 0.2) is 18.3 Å². The standard InChI is InChI=1S/C15H18F3N3O4/c1-25-12-9(3-2-5-19-12)4-6-20-14(24)21-7-10(13(22)23)11(8-21)15(16,17)18/h2-3,5,10-11H,4,6-8H2,1H3,(H,20,24)(H,22,23)/t10-,11-/m1/s1. The topological polar surface area (TPSA) is 91.8 Å². The van der Waals surface area contributed by atoms with E-state index in [0.29, 0.717) is 12.3 Å². The summed E-state index contributed by atoms with van der Waals surface area (Å²) >= 11 is 0. The number of amides is 2. The van der Waals surface area contributed by atoms with Crippen molar-refractivity contribution in [1.29, 1.82) is 0 Å². The highest BCUT2D eigenvalue weighted by Gasteiger charge is 2.53. The molecule has 10 heteroatoms. The molecule has 0 saturated carbocycles. The van der Waals surface area contributed by atoms with E-state index >= 15 is 0 Å². The van der Waals surface area contributed by atoms with Gasteiger partial charge in [0, 0.05) is 31.4 Å². The average molecular weight is 361 g/mol. The second-order valence-corrected chi connectivity index (χ2v) is 5.65. The number of ether oxygens (including phenoxy) is 1. The van der Waals surface area contributed by atoms with Crippen LogP contribution in [-0.4, -0.2) is 59.9 Å². The third kappa shape index (κ3) is 4.52. The highest BCUT2D eigenvalue weighted by atomic mass is 19.4. The van der Waals surface area contributed by atoms with Crippen molar-refractivity contribution >= 4 is 12.0 Å². The number of aliphatic carboxylic acids is 1. The zero-order valence-corrected chi connectivity index (χ0v) is 13.4. The molecule has 1 aliphatic rings. The molecule has 0 spiro atoms. The molecule has 0 unspecified atom stereocenters. The summed E-state index contributed by atoms with van der Waals surface area (Å²) < 4.78 is 43.8. The van der Waals surface area contributed by atoms with E-state index in [-0.39, 0.29) is 6.54 Å². The predicted molar refractivity (Wildman–Crippen MR) is 80.1 cm³/mol. The van der Waals surface area contributed by atoms with Crippen molar-refractivity contribution in [2.75, 3.05) is 26.7 Å². The Morgan fingerprint density at radius 2 is 2.16 bits per heavy atom. The molecule has 2 N–H and O–H groups in total. The van der Waals surface area contributed by atoms with Gasteiger partial charge in [0.05, 0.1) is 18.9 Å². The van der Waals surface area contributed by atoms with E-state index in [4.69, 9.17) is 9.84 Å². The van der Waals surface area contributed by atoms with Crippen molar-refractivity contribution in [3.63, 3.8) is 0 Å². The first-order valence-electron chi connectivity index (χ1n) is 7.54. The second kappa shape index (κ2) is 7.58. The van der Waals surface area contributed by atoms with E-state index in [9.17, 15) is 22.8 Å². The molecule has 7 nitrogen and oxygen atoms in total. The number of nitrogens with one attached hydrogen (secondary N) is 1. The summed E-state index contributed by atoms with van der Waals surface area (Å²) in [6.07, 6.45) is -2.74. The van der Waals surface area contributed by atoms with E-state index in [1.165, 1.54) is 7.11 Å². The Bertz CT molecular complexity index is 639. The van der Waals surface area contributed by atoms with Gasteiger partial charge in [0.2, 0.25) is 5.88 Å². The molecule has 138 valence electrons. The average Bonchev–Trinajstić information content (AvgIpc) is 3.01. The van der Waals surface area contributed by atoms with Crippen LogP contribution in [0.25, 0.3) is 0 Å². The van der Waals surface area contributed by atoms with Gasteiger partial charge in [-0.15, -0.1) is 0 Å². The third-order valence-corrected chi connectivity index (χ3v) is 4.06. The number of aromatic nitrogens is 1. The number of hydrogen-bond acceptors (Lipinski definition) is 4. The molecule has 1 aromatic rings. The summed E-state index contributed by atoms with van der Waals surface area (Å²) in [6, 6.07) is 2.74. The second-order valence-electron chi connectivity index (χ2n) is 5.65. The first kappa shape index (κ1) is 18.8. The van der Waals surface area contributed by atoms with Gasteiger partial charge in [-0.1, -0.05) is 6.07 Å². The van der Waals surface area contributed by atoms with Gasteiger partial charge in [-0.25, -0.2) is 9.78 Å². The van der Waals surface area contributed by atoms with Gasteiger partial charge < -0.3 is 20.1 Å². The lowest BCUT2D eigenvalue weighted by atomic mass is 9.96. The fraction of sp³-hybridized carbons (Fsp3) is 0.533. The third-order valence-electron chi connectivity index (χ3n) is 4.06. The van der Waals surface area contributed by atoms with E-state index in [2.05, 4.69) is 10.3 Å². The maximum atomic E-state index is 12.9. The summed E-state index contributed by atoms with van der Waals surface area (Å²) in [5, 5.41) is 11.4. The lowest BCUT2D eigenvalue weighted by molar-refractivity contribution is -0.187. The van der Waals surface area contributed by atoms with Crippen molar-refractivity contribution in [3.05, 3.63) is 23.9 Å². The van der Waals surface area contributed by atoms with E-state index in [0.717, 1.165) is 10.5 Å². The number of pyridine rings is 1. The molecule has 2 atom stereocenters. The fourth-order valence-corrected chi connectivity index (χ4v) is 2.77. The zero-order valence-electron chi connectivity index (χ0n) is 13.4. The number of methoxy groups -OCH3 is 1. The number of alkyl halides is 3. The van der Waals surface area contributed by atoms with E-state index in [1.807, 2.05) is 0 Å². The van der Waals surface area contributed by atoms with Crippen LogP contribution in [0, 0.1) is 11.8 Å². The van der Waals surface area contributed by atoms with Crippen molar-refractivity contribution in [2.45, 2.75) is 12.6 Å². The lowest BCUT2D eigenvalue weighted by Gasteiger charge is -2.18. The van der Waals surface area contributed by atoms with Crippen molar-refractivity contribution in [1.82, 2.24) is 15.2 Å². The lowest BCUT2D eigenvalue weighted by Crippen LogP contribution is -2.40. The van der Waals surface area contributed by atoms with Gasteiger partial charge in [0.1, 0.15) is 0 Å². The van der Waals surface area contributed by atoms with Crippen molar-refractivity contribution < 1.29 is 32.6 Å². The number of rotatable bonds is 5. The van der Waals surface area contributed by atoms with Crippen LogP contribution >= 0.6 is 0 Å². The highest BCUT2D eigenvalue weighted by Crippen LogP contribution is 2.37. The van der Waals surface area contributed by atoms with Gasteiger partial charge >= 0.3 is 18.2 Å². The summed E-state index contributed by atoms with van der Waals surface area (Å²) in [4.78, 5) is 27.9. The van der Waals surface area contributed by atoms with Crippen LogP contribution < -0.4 is 10.1 Å². The molecule has 2 rings (SSSR count). The van der Waals surface area contributed by atoms with Gasteiger partial charge in [-0.2, -0.15) is 13.2 Å². The van der Waals surface area contributed by atoms with Crippen LogP contribution in [0.5, 0.6) is 5.88 Å². The molecule has 1 saturated heterocycles. The summed E-state index contributed by atoms with van der Waals surface area (Å²) in [7, 11) is 1.46. The molecule has 0 radical (unpaired) electrons. The minimum Gasteiger partial charge on any atom is -0.481 e. The maximum absolute atomic E-state index is 12.9. The largest absolute Gasteiger partial charge is 0.481 e. The summed E-state index contributed by atoms with van der Waals surface area (Å²) in [5.41, 5.74) is 0.739. The predicted octanol–water partition coefficient (Wildman–Crippen LogP) is 1.54. The molecule has 1 aromatic heterocycles. The molecule has 25 heavy (non-hydrogen) atoms. The number of likely N-dealkylation sites (tertiary alicyclic amines) is 1. The number of nitrogens with zero attached hydrogens (tertiary/aromatic N) is 2. The highest BCUT2D eigenvalue weighted by molar-refractivity contribution is 5.77. The van der Waals surface area contributed by atoms with Gasteiger partial charge in [0.25, 0.3) is 0 Å². The molecule has 0 aliphatic carbocycles. The summed E-state index contributed by atoms with van der Waals surface area (Å²) in [6.45, 7) is -0.976. The number of carbonyl (C=O) groups excluding carboxylic acids is 1. The number of urea groups is 1. The van der Waals surface area contributed by atoms with Crippen LogP contribution in [0.1, 0.15) is 5.56 Å². The first-order valence-corrected chi connectivity index (χ1v) is 7.54. The van der Waals surface area contributed by atoms with Crippen LogP contribution in [0.2, 0.25) is 0 Å². The van der Waals surface area contributed by atoms with Crippen molar-refractivity contribution in [2.24, 2.45) is 11.8 Å². The molecule has 2 heterocycles. The quantitative estimate of drug-likeness (QED) is 0.830. The number of hydrogen-bond donors (Lipinski definition) is 2. The van der Waals surface area contributed by atoms with E-state index < -0.39 is 43.1 Å². The first-order chi connectivity index (χ1) is 11.7. The fourth-order valence-electron chi connectivity index (χ4n) is 2.77. The zero-order chi connectivity index (χ0) is 18.6. The molecule has 0 bridgehead atoms. The minimum atomic E-state index is -4.67. The Kier molecular flexibility index (Phi) is 5.70. The molecular formula is C15H18F3N3O4. The van der Waals surface area contributed by atoms with E-state index in [1.54, 1.807) is 18.3 Å². The number of carboxylic acids is 1. The van der Waals surface area contributed by atoms with Crippen molar-refractivity contribution in [3.8, 4) is 5.88 Å². The van der Waals surface area contributed by atoms with Gasteiger partial charge in [0.15, 0.2) is 0 Å². The molecule has 2 amide bonds. The van der Waals surface area contributed by atoms with Gasteiger partial charge in [-0.3, -0.25) is 4.79 Å². The Labute approximate surface area is 141 Å².